The minimum Gasteiger partial charge on any atom is -0.463 e. The summed E-state index contributed by atoms with van der Waals surface area (Å²) in [7, 11) is 0. The molecule has 0 heterocycles. The first-order valence-corrected chi connectivity index (χ1v) is 6.41. The molecular weight excluding hydrogens is 220 g/mol. The second-order valence-electron chi connectivity index (χ2n) is 5.37. The first kappa shape index (κ1) is 14.5. The number of esters is 1. The molecule has 1 aliphatic rings. The molecule has 17 heavy (non-hydrogen) atoms. The van der Waals surface area contributed by atoms with Crippen LogP contribution in [-0.4, -0.2) is 36.5 Å². The number of hydrogen-bond acceptors (Lipinski definition) is 4. The molecule has 0 aromatic rings. The van der Waals surface area contributed by atoms with Gasteiger partial charge in [-0.1, -0.05) is 0 Å². The molecular formula is C13H24O4. The summed E-state index contributed by atoms with van der Waals surface area (Å²) < 4.78 is 10.5. The van der Waals surface area contributed by atoms with E-state index >= 15 is 0 Å². The summed E-state index contributed by atoms with van der Waals surface area (Å²) in [6.07, 6.45) is 2.77. The summed E-state index contributed by atoms with van der Waals surface area (Å²) in [5, 5.41) is 9.61. The summed E-state index contributed by atoms with van der Waals surface area (Å²) in [4.78, 5) is 11.9. The zero-order valence-electron chi connectivity index (χ0n) is 11.1. The first-order chi connectivity index (χ1) is 7.94. The molecule has 1 aliphatic carbocycles. The van der Waals surface area contributed by atoms with Gasteiger partial charge < -0.3 is 14.6 Å². The van der Waals surface area contributed by atoms with E-state index in [0.717, 1.165) is 19.3 Å². The molecule has 0 bridgehead atoms. The maximum atomic E-state index is 11.9. The Balaban J connectivity index is 2.30. The molecule has 0 aliphatic heterocycles. The van der Waals surface area contributed by atoms with E-state index in [1.165, 1.54) is 0 Å². The highest BCUT2D eigenvalue weighted by molar-refractivity contribution is 5.76. The molecule has 100 valence electrons. The predicted octanol–water partition coefficient (Wildman–Crippen LogP) is 1.90. The SMILES string of the molecule is CC(C)OCCOC(=O)C1(C)CCCC(O)C1. The maximum absolute atomic E-state index is 11.9. The number of aliphatic hydroxyl groups is 1. The minimum atomic E-state index is -0.518. The van der Waals surface area contributed by atoms with E-state index < -0.39 is 5.41 Å². The summed E-state index contributed by atoms with van der Waals surface area (Å²) in [6.45, 7) is 6.49. The zero-order valence-corrected chi connectivity index (χ0v) is 11.1. The van der Waals surface area contributed by atoms with Gasteiger partial charge in [-0.15, -0.1) is 0 Å². The van der Waals surface area contributed by atoms with Gasteiger partial charge in [-0.25, -0.2) is 0 Å². The molecule has 0 aromatic heterocycles. The molecule has 1 rings (SSSR count). The summed E-state index contributed by atoms with van der Waals surface area (Å²) in [5.41, 5.74) is -0.518. The molecule has 0 spiro atoms. The van der Waals surface area contributed by atoms with Crippen molar-refractivity contribution in [1.82, 2.24) is 0 Å². The number of rotatable bonds is 5. The van der Waals surface area contributed by atoms with Crippen LogP contribution >= 0.6 is 0 Å². The van der Waals surface area contributed by atoms with Gasteiger partial charge in [0.25, 0.3) is 0 Å². The van der Waals surface area contributed by atoms with Gasteiger partial charge in [0, 0.05) is 0 Å². The van der Waals surface area contributed by atoms with Crippen molar-refractivity contribution in [2.75, 3.05) is 13.2 Å². The molecule has 1 N–H and O–H groups in total. The molecule has 0 aromatic carbocycles. The van der Waals surface area contributed by atoms with Crippen LogP contribution in [0.3, 0.4) is 0 Å². The Bertz CT molecular complexity index is 252. The third-order valence-electron chi connectivity index (χ3n) is 3.21. The molecule has 4 nitrogen and oxygen atoms in total. The van der Waals surface area contributed by atoms with Gasteiger partial charge in [0.05, 0.1) is 24.2 Å². The fraction of sp³-hybridized carbons (Fsp3) is 0.923. The molecule has 0 saturated heterocycles. The molecule has 1 saturated carbocycles. The standard InChI is InChI=1S/C13H24O4/c1-10(2)16-7-8-17-12(15)13(3)6-4-5-11(14)9-13/h10-11,14H,4-9H2,1-3H3. The Labute approximate surface area is 103 Å². The van der Waals surface area contributed by atoms with Crippen LogP contribution in [0.25, 0.3) is 0 Å². The van der Waals surface area contributed by atoms with Crippen LogP contribution in [-0.2, 0) is 14.3 Å². The van der Waals surface area contributed by atoms with E-state index in [1.54, 1.807) is 0 Å². The van der Waals surface area contributed by atoms with Crippen molar-refractivity contribution in [2.45, 2.75) is 58.7 Å². The van der Waals surface area contributed by atoms with Crippen molar-refractivity contribution in [3.05, 3.63) is 0 Å². The highest BCUT2D eigenvalue weighted by Crippen LogP contribution is 2.36. The Morgan fingerprint density at radius 2 is 2.18 bits per heavy atom. The van der Waals surface area contributed by atoms with E-state index in [4.69, 9.17) is 9.47 Å². The average molecular weight is 244 g/mol. The predicted molar refractivity (Wildman–Crippen MR) is 64.6 cm³/mol. The summed E-state index contributed by atoms with van der Waals surface area (Å²) >= 11 is 0. The number of carbonyl (C=O) groups excluding carboxylic acids is 1. The monoisotopic (exact) mass is 244 g/mol. The minimum absolute atomic E-state index is 0.154. The Morgan fingerprint density at radius 1 is 1.47 bits per heavy atom. The Morgan fingerprint density at radius 3 is 2.76 bits per heavy atom. The van der Waals surface area contributed by atoms with Gasteiger partial charge in [-0.3, -0.25) is 4.79 Å². The summed E-state index contributed by atoms with van der Waals surface area (Å²) in [6, 6.07) is 0. The summed E-state index contributed by atoms with van der Waals surface area (Å²) in [5.74, 6) is -0.205. The molecule has 2 atom stereocenters. The Hall–Kier alpha value is -0.610. The number of aliphatic hydroxyl groups excluding tert-OH is 1. The highest BCUT2D eigenvalue weighted by Gasteiger charge is 2.39. The van der Waals surface area contributed by atoms with Crippen LogP contribution in [0.5, 0.6) is 0 Å². The average Bonchev–Trinajstić information content (AvgIpc) is 2.23. The fourth-order valence-electron chi connectivity index (χ4n) is 2.23. The van der Waals surface area contributed by atoms with Crippen molar-refractivity contribution in [2.24, 2.45) is 5.41 Å². The Kier molecular flexibility index (Phi) is 5.40. The van der Waals surface area contributed by atoms with Gasteiger partial charge in [-0.2, -0.15) is 0 Å². The molecule has 0 amide bonds. The van der Waals surface area contributed by atoms with Crippen molar-refractivity contribution < 1.29 is 19.4 Å². The van der Waals surface area contributed by atoms with E-state index in [-0.39, 0.29) is 18.2 Å². The van der Waals surface area contributed by atoms with Crippen LogP contribution in [0, 0.1) is 5.41 Å². The van der Waals surface area contributed by atoms with E-state index in [1.807, 2.05) is 20.8 Å². The van der Waals surface area contributed by atoms with Crippen LogP contribution in [0.4, 0.5) is 0 Å². The topological polar surface area (TPSA) is 55.8 Å². The number of carbonyl (C=O) groups is 1. The van der Waals surface area contributed by atoms with Crippen molar-refractivity contribution >= 4 is 5.97 Å². The molecule has 1 fully saturated rings. The number of ether oxygens (including phenoxy) is 2. The lowest BCUT2D eigenvalue weighted by molar-refractivity contribution is -0.161. The van der Waals surface area contributed by atoms with Crippen molar-refractivity contribution in [3.63, 3.8) is 0 Å². The van der Waals surface area contributed by atoms with E-state index in [9.17, 15) is 9.90 Å². The lowest BCUT2D eigenvalue weighted by atomic mass is 9.74. The van der Waals surface area contributed by atoms with Gasteiger partial charge >= 0.3 is 5.97 Å². The zero-order chi connectivity index (χ0) is 12.9. The lowest BCUT2D eigenvalue weighted by Crippen LogP contribution is -2.37. The third-order valence-corrected chi connectivity index (χ3v) is 3.21. The normalized spacial score (nSPS) is 29.4. The second-order valence-corrected chi connectivity index (χ2v) is 5.37. The largest absolute Gasteiger partial charge is 0.463 e. The smallest absolute Gasteiger partial charge is 0.311 e. The lowest BCUT2D eigenvalue weighted by Gasteiger charge is -2.33. The van der Waals surface area contributed by atoms with Gasteiger partial charge in [-0.05, 0) is 46.5 Å². The van der Waals surface area contributed by atoms with Crippen LogP contribution in [0.1, 0.15) is 46.5 Å². The van der Waals surface area contributed by atoms with Crippen molar-refractivity contribution in [3.8, 4) is 0 Å². The highest BCUT2D eigenvalue weighted by atomic mass is 16.6. The molecule has 2 unspecified atom stereocenters. The quantitative estimate of drug-likeness (QED) is 0.593. The fourth-order valence-corrected chi connectivity index (χ4v) is 2.23. The van der Waals surface area contributed by atoms with Crippen LogP contribution in [0.15, 0.2) is 0 Å². The van der Waals surface area contributed by atoms with E-state index in [0.29, 0.717) is 19.6 Å². The third kappa shape index (κ3) is 4.64. The van der Waals surface area contributed by atoms with Crippen LogP contribution in [0.2, 0.25) is 0 Å². The van der Waals surface area contributed by atoms with Gasteiger partial charge in [0.15, 0.2) is 0 Å². The molecule has 0 radical (unpaired) electrons. The second kappa shape index (κ2) is 6.36. The van der Waals surface area contributed by atoms with Gasteiger partial charge in [0.1, 0.15) is 6.61 Å². The maximum Gasteiger partial charge on any atom is 0.311 e. The first-order valence-electron chi connectivity index (χ1n) is 6.41. The van der Waals surface area contributed by atoms with Gasteiger partial charge in [0.2, 0.25) is 0 Å². The van der Waals surface area contributed by atoms with Crippen molar-refractivity contribution in [1.29, 1.82) is 0 Å². The molecule has 4 heteroatoms. The number of hydrogen-bond donors (Lipinski definition) is 1. The van der Waals surface area contributed by atoms with E-state index in [2.05, 4.69) is 0 Å². The van der Waals surface area contributed by atoms with Crippen LogP contribution < -0.4 is 0 Å².